The molecule has 1 amide bonds. The van der Waals surface area contributed by atoms with Crippen LogP contribution in [0, 0.1) is 13.8 Å². The second kappa shape index (κ2) is 6.73. The van der Waals surface area contributed by atoms with Crippen LogP contribution in [0.2, 0.25) is 0 Å². The molecule has 0 aromatic heterocycles. The minimum Gasteiger partial charge on any atom is -0.480 e. The van der Waals surface area contributed by atoms with E-state index in [0.717, 1.165) is 11.1 Å². The molecule has 0 spiro atoms. The molecule has 1 unspecified atom stereocenters. The minimum atomic E-state index is -1.03. The van der Waals surface area contributed by atoms with Gasteiger partial charge in [-0.15, -0.1) is 6.58 Å². The molecule has 0 bridgehead atoms. The number of carboxylic acids is 1. The van der Waals surface area contributed by atoms with E-state index in [0.29, 0.717) is 18.4 Å². The maximum atomic E-state index is 12.0. The van der Waals surface area contributed by atoms with Crippen LogP contribution < -0.4 is 5.32 Å². The summed E-state index contributed by atoms with van der Waals surface area (Å²) in [4.78, 5) is 23.0. The molecule has 1 rings (SSSR count). The van der Waals surface area contributed by atoms with E-state index >= 15 is 0 Å². The lowest BCUT2D eigenvalue weighted by atomic mass is 10.1. The third-order valence-corrected chi connectivity index (χ3v) is 3.03. The molecule has 1 aromatic carbocycles. The molecule has 4 nitrogen and oxygen atoms in total. The number of hydrogen-bond donors (Lipinski definition) is 2. The summed E-state index contributed by atoms with van der Waals surface area (Å²) in [6.07, 6.45) is 2.53. The lowest BCUT2D eigenvalue weighted by Crippen LogP contribution is -2.40. The molecule has 0 fully saturated rings. The Hall–Kier alpha value is -2.10. The molecule has 19 heavy (non-hydrogen) atoms. The van der Waals surface area contributed by atoms with Crippen LogP contribution in [0.15, 0.2) is 30.9 Å². The minimum absolute atomic E-state index is 0.343. The van der Waals surface area contributed by atoms with Gasteiger partial charge in [0.25, 0.3) is 5.91 Å². The van der Waals surface area contributed by atoms with E-state index in [4.69, 9.17) is 5.11 Å². The van der Waals surface area contributed by atoms with Crippen LogP contribution in [0.5, 0.6) is 0 Å². The van der Waals surface area contributed by atoms with E-state index in [1.165, 1.54) is 0 Å². The van der Waals surface area contributed by atoms with E-state index in [-0.39, 0.29) is 5.91 Å². The average molecular weight is 261 g/mol. The first kappa shape index (κ1) is 15.0. The second-order valence-electron chi connectivity index (χ2n) is 4.53. The highest BCUT2D eigenvalue weighted by Crippen LogP contribution is 2.10. The molecule has 0 aliphatic carbocycles. The van der Waals surface area contributed by atoms with Gasteiger partial charge in [-0.1, -0.05) is 12.1 Å². The van der Waals surface area contributed by atoms with Crippen LogP contribution >= 0.6 is 0 Å². The maximum Gasteiger partial charge on any atom is 0.326 e. The second-order valence-corrected chi connectivity index (χ2v) is 4.53. The van der Waals surface area contributed by atoms with E-state index < -0.39 is 12.0 Å². The number of aliphatic carboxylic acids is 1. The molecule has 0 heterocycles. The van der Waals surface area contributed by atoms with Crippen LogP contribution in [0.25, 0.3) is 0 Å². The lowest BCUT2D eigenvalue weighted by molar-refractivity contribution is -0.139. The molecule has 4 heteroatoms. The van der Waals surface area contributed by atoms with E-state index in [9.17, 15) is 9.59 Å². The Balaban J connectivity index is 2.78. The third-order valence-electron chi connectivity index (χ3n) is 3.03. The summed E-state index contributed by atoms with van der Waals surface area (Å²) in [5, 5.41) is 11.6. The van der Waals surface area contributed by atoms with Gasteiger partial charge in [0.2, 0.25) is 0 Å². The molecular weight excluding hydrogens is 242 g/mol. The van der Waals surface area contributed by atoms with E-state index in [2.05, 4.69) is 11.9 Å². The van der Waals surface area contributed by atoms with Crippen LogP contribution in [0.1, 0.15) is 34.3 Å². The quantitative estimate of drug-likeness (QED) is 0.773. The van der Waals surface area contributed by atoms with Crippen LogP contribution in [0.4, 0.5) is 0 Å². The molecule has 0 aliphatic rings. The Morgan fingerprint density at radius 3 is 2.58 bits per heavy atom. The summed E-state index contributed by atoms with van der Waals surface area (Å²) >= 11 is 0. The van der Waals surface area contributed by atoms with Gasteiger partial charge in [-0.25, -0.2) is 4.79 Å². The van der Waals surface area contributed by atoms with Crippen molar-refractivity contribution in [2.45, 2.75) is 32.7 Å². The zero-order valence-electron chi connectivity index (χ0n) is 11.3. The number of carbonyl (C=O) groups excluding carboxylic acids is 1. The number of carbonyl (C=O) groups is 2. The van der Waals surface area contributed by atoms with Crippen molar-refractivity contribution in [3.05, 3.63) is 47.5 Å². The molecule has 102 valence electrons. The summed E-state index contributed by atoms with van der Waals surface area (Å²) in [5.74, 6) is -1.39. The smallest absolute Gasteiger partial charge is 0.326 e. The molecular formula is C15H19NO3. The predicted octanol–water partition coefficient (Wildman–Crippen LogP) is 2.45. The predicted molar refractivity (Wildman–Crippen MR) is 74.2 cm³/mol. The van der Waals surface area contributed by atoms with E-state index in [1.807, 2.05) is 19.9 Å². The van der Waals surface area contributed by atoms with Crippen molar-refractivity contribution in [3.8, 4) is 0 Å². The van der Waals surface area contributed by atoms with Crippen LogP contribution in [-0.4, -0.2) is 23.0 Å². The molecule has 1 aromatic rings. The topological polar surface area (TPSA) is 66.4 Å². The first-order valence-corrected chi connectivity index (χ1v) is 6.17. The number of nitrogens with one attached hydrogen (secondary N) is 1. The highest BCUT2D eigenvalue weighted by Gasteiger charge is 2.19. The molecule has 1 atom stereocenters. The average Bonchev–Trinajstić information content (AvgIpc) is 2.37. The highest BCUT2D eigenvalue weighted by molar-refractivity contribution is 5.96. The summed E-state index contributed by atoms with van der Waals surface area (Å²) < 4.78 is 0. The zero-order chi connectivity index (χ0) is 14.4. The van der Waals surface area contributed by atoms with Gasteiger partial charge in [0.1, 0.15) is 6.04 Å². The van der Waals surface area contributed by atoms with Crippen molar-refractivity contribution in [2.24, 2.45) is 0 Å². The lowest BCUT2D eigenvalue weighted by Gasteiger charge is -2.14. The van der Waals surface area contributed by atoms with Gasteiger partial charge in [-0.05, 0) is 49.9 Å². The third kappa shape index (κ3) is 4.25. The van der Waals surface area contributed by atoms with Crippen molar-refractivity contribution in [3.63, 3.8) is 0 Å². The number of benzene rings is 1. The normalized spacial score (nSPS) is 11.7. The number of allylic oxidation sites excluding steroid dienone is 1. The monoisotopic (exact) mass is 261 g/mol. The Labute approximate surface area is 113 Å². The Morgan fingerprint density at radius 1 is 1.37 bits per heavy atom. The Kier molecular flexibility index (Phi) is 5.30. The highest BCUT2D eigenvalue weighted by atomic mass is 16.4. The van der Waals surface area contributed by atoms with Crippen molar-refractivity contribution in [2.75, 3.05) is 0 Å². The molecule has 0 saturated carbocycles. The van der Waals surface area contributed by atoms with Gasteiger partial charge in [0, 0.05) is 5.56 Å². The molecule has 0 radical (unpaired) electrons. The van der Waals surface area contributed by atoms with Gasteiger partial charge in [0.05, 0.1) is 0 Å². The molecule has 2 N–H and O–H groups in total. The van der Waals surface area contributed by atoms with Crippen molar-refractivity contribution in [1.82, 2.24) is 5.32 Å². The Bertz CT molecular complexity index is 494. The molecule has 0 aliphatic heterocycles. The first-order chi connectivity index (χ1) is 8.95. The summed E-state index contributed by atoms with van der Waals surface area (Å²) in [5.41, 5.74) is 2.58. The van der Waals surface area contributed by atoms with Crippen molar-refractivity contribution < 1.29 is 14.7 Å². The number of carboxylic acid groups (broad SMARTS) is 1. The summed E-state index contributed by atoms with van der Waals surface area (Å²) in [6.45, 7) is 7.42. The fourth-order valence-corrected chi connectivity index (χ4v) is 1.67. The number of hydrogen-bond acceptors (Lipinski definition) is 2. The SMILES string of the molecule is C=CCCC(NC(=O)c1ccc(C)c(C)c1)C(=O)O. The summed E-state index contributed by atoms with van der Waals surface area (Å²) in [7, 11) is 0. The fraction of sp³-hybridized carbons (Fsp3) is 0.333. The number of rotatable bonds is 6. The van der Waals surface area contributed by atoms with Crippen LogP contribution in [0.3, 0.4) is 0 Å². The van der Waals surface area contributed by atoms with Gasteiger partial charge < -0.3 is 10.4 Å². The summed E-state index contributed by atoms with van der Waals surface area (Å²) in [6, 6.07) is 4.43. The first-order valence-electron chi connectivity index (χ1n) is 6.17. The zero-order valence-corrected chi connectivity index (χ0v) is 11.3. The number of aryl methyl sites for hydroxylation is 2. The van der Waals surface area contributed by atoms with Gasteiger partial charge in [0.15, 0.2) is 0 Å². The van der Waals surface area contributed by atoms with Gasteiger partial charge >= 0.3 is 5.97 Å². The number of amides is 1. The van der Waals surface area contributed by atoms with Gasteiger partial charge in [-0.2, -0.15) is 0 Å². The standard InChI is InChI=1S/C15H19NO3/c1-4-5-6-13(15(18)19)16-14(17)12-8-7-10(2)11(3)9-12/h4,7-9,13H,1,5-6H2,2-3H3,(H,16,17)(H,18,19). The Morgan fingerprint density at radius 2 is 2.05 bits per heavy atom. The largest absolute Gasteiger partial charge is 0.480 e. The van der Waals surface area contributed by atoms with Crippen molar-refractivity contribution in [1.29, 1.82) is 0 Å². The fourth-order valence-electron chi connectivity index (χ4n) is 1.67. The van der Waals surface area contributed by atoms with Crippen LogP contribution in [-0.2, 0) is 4.79 Å². The van der Waals surface area contributed by atoms with Gasteiger partial charge in [-0.3, -0.25) is 4.79 Å². The molecule has 0 saturated heterocycles. The maximum absolute atomic E-state index is 12.0. The van der Waals surface area contributed by atoms with E-state index in [1.54, 1.807) is 18.2 Å². The van der Waals surface area contributed by atoms with Crippen molar-refractivity contribution >= 4 is 11.9 Å².